The summed E-state index contributed by atoms with van der Waals surface area (Å²) in [4.78, 5) is 28.9. The van der Waals surface area contributed by atoms with Crippen molar-refractivity contribution < 1.29 is 14.2 Å². The van der Waals surface area contributed by atoms with Crippen LogP contribution in [0.25, 0.3) is 0 Å². The largest absolute Gasteiger partial charge is 0.358 e. The fourth-order valence-electron chi connectivity index (χ4n) is 7.73. The van der Waals surface area contributed by atoms with E-state index in [1.165, 1.54) is 4.57 Å². The van der Waals surface area contributed by atoms with Gasteiger partial charge in [-0.15, -0.1) is 0 Å². The third-order valence-corrected chi connectivity index (χ3v) is 12.6. The van der Waals surface area contributed by atoms with Crippen LogP contribution in [0.4, 0.5) is 0 Å². The number of ether oxygens (including phenoxy) is 3. The van der Waals surface area contributed by atoms with Gasteiger partial charge in [-0.3, -0.25) is 14.3 Å². The highest BCUT2D eigenvalue weighted by Gasteiger charge is 2.52. The molecule has 1 aliphatic rings. The Kier molecular flexibility index (Phi) is 11.5. The average Bonchev–Trinajstić information content (AvgIpc) is 3.56. The Morgan fingerprint density at radius 1 is 0.571 bits per heavy atom. The Hall–Kier alpha value is -4.66. The maximum Gasteiger partial charge on any atom is 0.330 e. The normalized spacial score (nSPS) is 18.5. The SMILES string of the molecule is O=c1[nH]c(=O)n([C@@H]2O[C@H](COC(c3ccccc3)(c3ccccc3)c3ccccc3)[C@@H](I)[C@H]2OC(c2ccccc2)(c2ccccc2)c2ccccc2)cc1I. The molecule has 280 valence electrons. The Balaban J connectivity index is 1.27. The highest BCUT2D eigenvalue weighted by Crippen LogP contribution is 2.48. The lowest BCUT2D eigenvalue weighted by Gasteiger charge is -2.40. The smallest absolute Gasteiger partial charge is 0.330 e. The maximum absolute atomic E-state index is 13.7. The van der Waals surface area contributed by atoms with Gasteiger partial charge in [0, 0.05) is 6.20 Å². The summed E-state index contributed by atoms with van der Waals surface area (Å²) in [6.07, 6.45) is -0.660. The summed E-state index contributed by atoms with van der Waals surface area (Å²) in [7, 11) is 0. The summed E-state index contributed by atoms with van der Waals surface area (Å²) in [5.74, 6) is 0. The maximum atomic E-state index is 13.7. The number of aromatic nitrogens is 2. The van der Waals surface area contributed by atoms with E-state index in [9.17, 15) is 9.59 Å². The zero-order valence-electron chi connectivity index (χ0n) is 30.2. The zero-order chi connectivity index (χ0) is 38.5. The van der Waals surface area contributed by atoms with Crippen LogP contribution in [0.1, 0.15) is 39.6 Å². The molecule has 1 fully saturated rings. The van der Waals surface area contributed by atoms with Crippen molar-refractivity contribution in [2.45, 2.75) is 33.6 Å². The number of aromatic amines is 1. The second-order valence-electron chi connectivity index (χ2n) is 13.6. The Labute approximate surface area is 352 Å². The zero-order valence-corrected chi connectivity index (χ0v) is 34.5. The molecule has 0 saturated carbocycles. The number of halogens is 2. The van der Waals surface area contributed by atoms with Gasteiger partial charge in [0.1, 0.15) is 17.3 Å². The van der Waals surface area contributed by atoms with E-state index in [0.717, 1.165) is 33.4 Å². The van der Waals surface area contributed by atoms with Crippen LogP contribution >= 0.6 is 45.2 Å². The summed E-state index contributed by atoms with van der Waals surface area (Å²) in [5, 5.41) is 0. The predicted molar refractivity (Wildman–Crippen MR) is 235 cm³/mol. The molecule has 0 unspecified atom stereocenters. The van der Waals surface area contributed by atoms with Gasteiger partial charge in [-0.2, -0.15) is 0 Å². The van der Waals surface area contributed by atoms with E-state index >= 15 is 0 Å². The van der Waals surface area contributed by atoms with Crippen molar-refractivity contribution in [2.75, 3.05) is 6.61 Å². The van der Waals surface area contributed by atoms with E-state index < -0.39 is 40.9 Å². The predicted octanol–water partition coefficient (Wildman–Crippen LogP) is 9.23. The summed E-state index contributed by atoms with van der Waals surface area (Å²) in [6, 6.07) is 61.0. The molecule has 1 aromatic heterocycles. The first-order valence-corrected chi connectivity index (χ1v) is 20.7. The van der Waals surface area contributed by atoms with Crippen LogP contribution in [-0.2, 0) is 25.4 Å². The van der Waals surface area contributed by atoms with Crippen LogP contribution in [0.15, 0.2) is 198 Å². The minimum atomic E-state index is -1.12. The highest BCUT2D eigenvalue weighted by molar-refractivity contribution is 14.1. The van der Waals surface area contributed by atoms with Gasteiger partial charge in [0.05, 0.1) is 20.2 Å². The van der Waals surface area contributed by atoms with Crippen molar-refractivity contribution in [3.8, 4) is 0 Å². The number of hydrogen-bond acceptors (Lipinski definition) is 5. The first-order valence-electron chi connectivity index (χ1n) is 18.4. The summed E-state index contributed by atoms with van der Waals surface area (Å²) >= 11 is 4.35. The monoisotopic (exact) mass is 964 g/mol. The van der Waals surface area contributed by atoms with Gasteiger partial charge in [0.25, 0.3) is 5.56 Å². The van der Waals surface area contributed by atoms with Gasteiger partial charge in [-0.25, -0.2) is 4.79 Å². The van der Waals surface area contributed by atoms with Crippen molar-refractivity contribution in [1.29, 1.82) is 0 Å². The van der Waals surface area contributed by atoms with E-state index in [1.807, 2.05) is 132 Å². The van der Waals surface area contributed by atoms with Crippen LogP contribution in [0.2, 0.25) is 0 Å². The molecule has 7 nitrogen and oxygen atoms in total. The Bertz CT molecular complexity index is 2270. The van der Waals surface area contributed by atoms with Crippen molar-refractivity contribution in [1.82, 2.24) is 9.55 Å². The van der Waals surface area contributed by atoms with E-state index in [-0.39, 0.29) is 10.5 Å². The van der Waals surface area contributed by atoms with Crippen LogP contribution in [0.3, 0.4) is 0 Å². The standard InChI is InChI=1S/C47H38I2N2O5/c48-39-31-51(45(53)50-43(39)52)44-42(56-47(36-25-13-4-14-26-36,37-27-15-5-16-28-37)38-29-17-6-18-30-38)41(49)40(55-44)32-54-46(33-19-7-1-8-20-33,34-21-9-2-10-22-34)35-23-11-3-12-24-35/h1-31,40-42,44H,32H2,(H,50,52,53)/t40-,41-,42-,44-/m1/s1. The van der Waals surface area contributed by atoms with Gasteiger partial charge in [0.15, 0.2) is 6.23 Å². The van der Waals surface area contributed by atoms with Crippen molar-refractivity contribution in [3.63, 3.8) is 0 Å². The van der Waals surface area contributed by atoms with E-state index in [4.69, 9.17) is 14.2 Å². The minimum absolute atomic E-state index is 0.146. The molecule has 1 N–H and O–H groups in total. The minimum Gasteiger partial charge on any atom is -0.358 e. The van der Waals surface area contributed by atoms with E-state index in [1.54, 1.807) is 6.20 Å². The van der Waals surface area contributed by atoms with E-state index in [2.05, 4.69) is 100 Å². The molecular formula is C47H38I2N2O5. The molecule has 8 rings (SSSR count). The van der Waals surface area contributed by atoms with Crippen LogP contribution < -0.4 is 11.2 Å². The van der Waals surface area contributed by atoms with Gasteiger partial charge in [0.2, 0.25) is 0 Å². The number of nitrogens with one attached hydrogen (secondary N) is 1. The molecular weight excluding hydrogens is 926 g/mol. The van der Waals surface area contributed by atoms with Crippen LogP contribution in [0.5, 0.6) is 0 Å². The summed E-state index contributed by atoms with van der Waals surface area (Å²) in [6.45, 7) is 0.146. The van der Waals surface area contributed by atoms with Gasteiger partial charge in [-0.1, -0.05) is 205 Å². The lowest BCUT2D eigenvalue weighted by atomic mass is 9.79. The molecule has 56 heavy (non-hydrogen) atoms. The molecule has 0 amide bonds. The molecule has 6 aromatic carbocycles. The third kappa shape index (κ3) is 7.22. The van der Waals surface area contributed by atoms with Gasteiger partial charge < -0.3 is 14.2 Å². The molecule has 0 spiro atoms. The number of hydrogen-bond donors (Lipinski definition) is 1. The van der Waals surface area contributed by atoms with Crippen molar-refractivity contribution in [2.24, 2.45) is 0 Å². The second kappa shape index (κ2) is 16.8. The second-order valence-corrected chi connectivity index (χ2v) is 16.2. The van der Waals surface area contributed by atoms with Crippen LogP contribution in [-0.4, -0.2) is 32.3 Å². The lowest BCUT2D eigenvalue weighted by molar-refractivity contribution is -0.119. The molecule has 4 atom stereocenters. The first-order chi connectivity index (χ1) is 27.4. The number of nitrogens with zero attached hydrogens (tertiary/aromatic N) is 1. The number of benzene rings is 6. The van der Waals surface area contributed by atoms with Crippen molar-refractivity contribution in [3.05, 3.63) is 246 Å². The van der Waals surface area contributed by atoms with Gasteiger partial charge in [-0.05, 0) is 56.0 Å². The fourth-order valence-corrected chi connectivity index (χ4v) is 9.05. The molecule has 2 heterocycles. The number of alkyl halides is 1. The van der Waals surface area contributed by atoms with E-state index in [0.29, 0.717) is 3.57 Å². The van der Waals surface area contributed by atoms with Crippen LogP contribution in [0, 0.1) is 3.57 Å². The topological polar surface area (TPSA) is 82.6 Å². The fraction of sp³-hybridized carbons (Fsp3) is 0.149. The molecule has 1 saturated heterocycles. The quantitative estimate of drug-likeness (QED) is 0.0751. The number of H-pyrrole nitrogens is 1. The lowest BCUT2D eigenvalue weighted by Crippen LogP contribution is -2.44. The summed E-state index contributed by atoms with van der Waals surface area (Å²) in [5.41, 5.74) is 2.49. The Morgan fingerprint density at radius 3 is 1.30 bits per heavy atom. The summed E-state index contributed by atoms with van der Waals surface area (Å²) < 4.78 is 23.4. The van der Waals surface area contributed by atoms with Gasteiger partial charge >= 0.3 is 5.69 Å². The third-order valence-electron chi connectivity index (χ3n) is 10.3. The molecule has 9 heteroatoms. The molecule has 0 aliphatic carbocycles. The number of rotatable bonds is 12. The Morgan fingerprint density at radius 2 is 0.929 bits per heavy atom. The molecule has 0 bridgehead atoms. The molecule has 0 radical (unpaired) electrons. The van der Waals surface area contributed by atoms with Crippen molar-refractivity contribution >= 4 is 45.2 Å². The first kappa shape index (κ1) is 38.2. The molecule has 1 aliphatic heterocycles. The average molecular weight is 965 g/mol. The highest BCUT2D eigenvalue weighted by atomic mass is 127. The molecule has 7 aromatic rings.